The fourth-order valence-electron chi connectivity index (χ4n) is 2.67. The standard InChI is InChI=1S/C13H26F2N2/c1-9(2)5-11-7-17(8-13(14)15)12(6-16-11)10(3)4/h9-13,16H,5-8H2,1-4H3. The molecule has 0 saturated carbocycles. The van der Waals surface area contributed by atoms with Crippen LogP contribution in [0.3, 0.4) is 0 Å². The van der Waals surface area contributed by atoms with E-state index >= 15 is 0 Å². The first kappa shape index (κ1) is 14.8. The Morgan fingerprint density at radius 1 is 1.24 bits per heavy atom. The smallest absolute Gasteiger partial charge is 0.251 e. The number of nitrogens with zero attached hydrogens (tertiary/aromatic N) is 1. The van der Waals surface area contributed by atoms with Gasteiger partial charge in [-0.15, -0.1) is 0 Å². The summed E-state index contributed by atoms with van der Waals surface area (Å²) in [5, 5.41) is 3.50. The van der Waals surface area contributed by atoms with Gasteiger partial charge in [0.2, 0.25) is 0 Å². The van der Waals surface area contributed by atoms with Crippen molar-refractivity contribution in [3.63, 3.8) is 0 Å². The largest absolute Gasteiger partial charge is 0.311 e. The lowest BCUT2D eigenvalue weighted by Gasteiger charge is -2.42. The minimum atomic E-state index is -2.23. The highest BCUT2D eigenvalue weighted by molar-refractivity contribution is 4.88. The average molecular weight is 248 g/mol. The summed E-state index contributed by atoms with van der Waals surface area (Å²) in [6, 6.07) is 0.608. The maximum atomic E-state index is 12.6. The molecule has 1 N–H and O–H groups in total. The monoisotopic (exact) mass is 248 g/mol. The SMILES string of the molecule is CC(C)CC1CN(CC(F)F)C(C(C)C)CN1. The number of rotatable bonds is 5. The van der Waals surface area contributed by atoms with Crippen molar-refractivity contribution in [1.29, 1.82) is 0 Å². The minimum Gasteiger partial charge on any atom is -0.311 e. The number of hydrogen-bond donors (Lipinski definition) is 1. The lowest BCUT2D eigenvalue weighted by Crippen LogP contribution is -2.59. The number of piperazine rings is 1. The lowest BCUT2D eigenvalue weighted by atomic mass is 9.95. The molecule has 17 heavy (non-hydrogen) atoms. The maximum absolute atomic E-state index is 12.6. The minimum absolute atomic E-state index is 0.0842. The summed E-state index contributed by atoms with van der Waals surface area (Å²) in [4.78, 5) is 1.97. The quantitative estimate of drug-likeness (QED) is 0.804. The van der Waals surface area contributed by atoms with Crippen molar-refractivity contribution in [1.82, 2.24) is 10.2 Å². The summed E-state index contributed by atoms with van der Waals surface area (Å²) in [6.45, 7) is 10.1. The Hall–Kier alpha value is -0.220. The van der Waals surface area contributed by atoms with Crippen LogP contribution in [-0.2, 0) is 0 Å². The van der Waals surface area contributed by atoms with Gasteiger partial charge < -0.3 is 5.32 Å². The van der Waals surface area contributed by atoms with Crippen LogP contribution in [-0.4, -0.2) is 43.0 Å². The van der Waals surface area contributed by atoms with Crippen LogP contribution in [0.25, 0.3) is 0 Å². The molecule has 0 aromatic carbocycles. The van der Waals surface area contributed by atoms with Crippen LogP contribution >= 0.6 is 0 Å². The Balaban J connectivity index is 2.56. The van der Waals surface area contributed by atoms with Gasteiger partial charge in [0.1, 0.15) is 0 Å². The molecule has 102 valence electrons. The fraction of sp³-hybridized carbons (Fsp3) is 1.00. The molecule has 0 amide bonds. The Morgan fingerprint density at radius 3 is 2.35 bits per heavy atom. The van der Waals surface area contributed by atoms with E-state index in [1.165, 1.54) is 0 Å². The zero-order chi connectivity index (χ0) is 13.0. The molecular formula is C13H26F2N2. The molecule has 1 heterocycles. The van der Waals surface area contributed by atoms with Crippen LogP contribution in [0.15, 0.2) is 0 Å². The van der Waals surface area contributed by atoms with E-state index in [1.807, 2.05) is 4.90 Å². The first-order valence-corrected chi connectivity index (χ1v) is 6.65. The number of hydrogen-bond acceptors (Lipinski definition) is 2. The third-order valence-corrected chi connectivity index (χ3v) is 3.44. The van der Waals surface area contributed by atoms with Crippen molar-refractivity contribution in [2.75, 3.05) is 19.6 Å². The van der Waals surface area contributed by atoms with E-state index in [1.54, 1.807) is 0 Å². The van der Waals surface area contributed by atoms with E-state index in [0.717, 1.165) is 19.5 Å². The van der Waals surface area contributed by atoms with Gasteiger partial charge in [0, 0.05) is 25.2 Å². The highest BCUT2D eigenvalue weighted by atomic mass is 19.3. The van der Waals surface area contributed by atoms with Gasteiger partial charge in [0.05, 0.1) is 6.54 Å². The summed E-state index contributed by atoms with van der Waals surface area (Å²) in [6.07, 6.45) is -1.17. The molecule has 1 fully saturated rings. The Kier molecular flexibility index (Phi) is 5.80. The molecule has 2 unspecified atom stereocenters. The van der Waals surface area contributed by atoms with Gasteiger partial charge in [-0.3, -0.25) is 4.90 Å². The Labute approximate surface area is 104 Å². The second-order valence-corrected chi connectivity index (χ2v) is 5.89. The second-order valence-electron chi connectivity index (χ2n) is 5.89. The van der Waals surface area contributed by atoms with Crippen LogP contribution < -0.4 is 5.32 Å². The third kappa shape index (κ3) is 4.88. The van der Waals surface area contributed by atoms with Crippen molar-refractivity contribution in [3.05, 3.63) is 0 Å². The fourth-order valence-corrected chi connectivity index (χ4v) is 2.67. The molecular weight excluding hydrogens is 222 g/mol. The first-order valence-electron chi connectivity index (χ1n) is 6.65. The summed E-state index contributed by atoms with van der Waals surface area (Å²) in [7, 11) is 0. The van der Waals surface area contributed by atoms with Crippen LogP contribution in [0.2, 0.25) is 0 Å². The molecule has 1 aliphatic heterocycles. The van der Waals surface area contributed by atoms with E-state index in [-0.39, 0.29) is 12.6 Å². The highest BCUT2D eigenvalue weighted by Gasteiger charge is 2.31. The van der Waals surface area contributed by atoms with Crippen molar-refractivity contribution in [3.8, 4) is 0 Å². The molecule has 4 heteroatoms. The first-order chi connectivity index (χ1) is 7.90. The van der Waals surface area contributed by atoms with Gasteiger partial charge >= 0.3 is 0 Å². The van der Waals surface area contributed by atoms with Gasteiger partial charge in [-0.1, -0.05) is 27.7 Å². The average Bonchev–Trinajstić information content (AvgIpc) is 2.15. The Morgan fingerprint density at radius 2 is 1.88 bits per heavy atom. The van der Waals surface area contributed by atoms with E-state index in [4.69, 9.17) is 0 Å². The topological polar surface area (TPSA) is 15.3 Å². The zero-order valence-corrected chi connectivity index (χ0v) is 11.4. The van der Waals surface area contributed by atoms with Gasteiger partial charge in [0.15, 0.2) is 0 Å². The lowest BCUT2D eigenvalue weighted by molar-refractivity contribution is 0.0261. The molecule has 0 aromatic heterocycles. The van der Waals surface area contributed by atoms with E-state index in [0.29, 0.717) is 17.9 Å². The van der Waals surface area contributed by atoms with E-state index in [9.17, 15) is 8.78 Å². The summed E-state index contributed by atoms with van der Waals surface area (Å²) < 4.78 is 25.2. The molecule has 0 aromatic rings. The number of alkyl halides is 2. The van der Waals surface area contributed by atoms with Gasteiger partial charge in [-0.2, -0.15) is 0 Å². The van der Waals surface area contributed by atoms with Crippen molar-refractivity contribution < 1.29 is 8.78 Å². The summed E-state index contributed by atoms with van der Waals surface area (Å²) in [5.41, 5.74) is 0. The number of nitrogens with one attached hydrogen (secondary N) is 1. The van der Waals surface area contributed by atoms with Gasteiger partial charge in [-0.25, -0.2) is 8.78 Å². The van der Waals surface area contributed by atoms with Crippen molar-refractivity contribution in [2.24, 2.45) is 11.8 Å². The van der Waals surface area contributed by atoms with Gasteiger partial charge in [0.25, 0.3) is 6.43 Å². The Bertz CT molecular complexity index is 219. The molecule has 0 spiro atoms. The predicted octanol–water partition coefficient (Wildman–Crippen LogP) is 2.60. The molecule has 0 aliphatic carbocycles. The molecule has 1 rings (SSSR count). The molecule has 2 nitrogen and oxygen atoms in total. The zero-order valence-electron chi connectivity index (χ0n) is 11.4. The number of halogens is 2. The molecule has 0 bridgehead atoms. The molecule has 1 aliphatic rings. The molecule has 1 saturated heterocycles. The summed E-state index contributed by atoms with van der Waals surface area (Å²) in [5.74, 6) is 1.03. The van der Waals surface area contributed by atoms with Crippen LogP contribution in [0.5, 0.6) is 0 Å². The predicted molar refractivity (Wildman–Crippen MR) is 67.4 cm³/mol. The third-order valence-electron chi connectivity index (χ3n) is 3.44. The maximum Gasteiger partial charge on any atom is 0.251 e. The second kappa shape index (κ2) is 6.64. The normalized spacial score (nSPS) is 27.4. The van der Waals surface area contributed by atoms with Crippen molar-refractivity contribution >= 4 is 0 Å². The summed E-state index contributed by atoms with van der Waals surface area (Å²) >= 11 is 0. The highest BCUT2D eigenvalue weighted by Crippen LogP contribution is 2.19. The van der Waals surface area contributed by atoms with E-state index < -0.39 is 6.43 Å². The van der Waals surface area contributed by atoms with Crippen LogP contribution in [0.4, 0.5) is 8.78 Å². The molecule has 0 radical (unpaired) electrons. The molecule has 2 atom stereocenters. The van der Waals surface area contributed by atoms with Crippen LogP contribution in [0, 0.1) is 11.8 Å². The van der Waals surface area contributed by atoms with Crippen molar-refractivity contribution in [2.45, 2.75) is 52.6 Å². The van der Waals surface area contributed by atoms with Gasteiger partial charge in [-0.05, 0) is 18.3 Å². The van der Waals surface area contributed by atoms with E-state index in [2.05, 4.69) is 33.0 Å². The van der Waals surface area contributed by atoms with Crippen LogP contribution in [0.1, 0.15) is 34.1 Å².